The zero-order chi connectivity index (χ0) is 13.6. The fourth-order valence-corrected chi connectivity index (χ4v) is 2.89. The predicted octanol–water partition coefficient (Wildman–Crippen LogP) is 0.977. The van der Waals surface area contributed by atoms with E-state index in [0.717, 1.165) is 11.3 Å². The number of fused-ring (bicyclic) bond motifs is 2. The average molecular weight is 490 g/mol. The summed E-state index contributed by atoms with van der Waals surface area (Å²) < 4.78 is 13.1. The van der Waals surface area contributed by atoms with Gasteiger partial charge in [-0.3, -0.25) is 4.79 Å². The van der Waals surface area contributed by atoms with Crippen molar-refractivity contribution in [1.82, 2.24) is 4.57 Å². The van der Waals surface area contributed by atoms with Gasteiger partial charge >= 0.3 is 0 Å². The van der Waals surface area contributed by atoms with Crippen LogP contribution in [0.15, 0.2) is 17.4 Å². The van der Waals surface area contributed by atoms with Crippen LogP contribution < -0.4 is 5.56 Å². The molecule has 1 N–H and O–H groups in total. The van der Waals surface area contributed by atoms with Crippen molar-refractivity contribution in [2.24, 2.45) is 0 Å². The molecule has 1 aromatic rings. The second-order valence-electron chi connectivity index (χ2n) is 5.02. The molecule has 2 aliphatic rings. The van der Waals surface area contributed by atoms with E-state index in [-0.39, 0.29) is 56.2 Å². The Hall–Kier alpha value is 0.0116. The number of allylic oxidation sites excluding steroid dienone is 1. The molecule has 5 nitrogen and oxygen atoms in total. The fourth-order valence-electron chi connectivity index (χ4n) is 2.89. The van der Waals surface area contributed by atoms with Crippen molar-refractivity contribution in [3.8, 4) is 0 Å². The molecule has 0 bridgehead atoms. The van der Waals surface area contributed by atoms with Crippen LogP contribution in [0.25, 0.3) is 5.57 Å². The molecule has 0 atom stereocenters. The van der Waals surface area contributed by atoms with Gasteiger partial charge in [0.2, 0.25) is 5.79 Å². The number of hydrogen-bond donors (Lipinski definition) is 1. The molecule has 0 aliphatic carbocycles. The number of pyridine rings is 1. The third-order valence-electron chi connectivity index (χ3n) is 3.83. The van der Waals surface area contributed by atoms with Crippen molar-refractivity contribution in [2.75, 3.05) is 13.2 Å². The third kappa shape index (κ3) is 2.36. The summed E-state index contributed by atoms with van der Waals surface area (Å²) in [7, 11) is 0. The van der Waals surface area contributed by atoms with Crippen molar-refractivity contribution in [1.29, 1.82) is 0 Å². The molecule has 1 aromatic heterocycles. The zero-order valence-corrected chi connectivity index (χ0v) is 16.3. The van der Waals surface area contributed by atoms with Crippen molar-refractivity contribution < 1.29 is 58.6 Å². The van der Waals surface area contributed by atoms with Gasteiger partial charge in [-0.25, -0.2) is 0 Å². The minimum Gasteiger partial charge on any atom is -0.391 e. The topological polar surface area (TPSA) is 60.7 Å². The standard InChI is InChI=1S/C14H17NO4.Ac/c1-9(2)10-7-12-14(18-5-6-19-14)3-4-15(12)13(17)11(10)8-16;/h7,16H,1,3-6,8H2,2H3;. The summed E-state index contributed by atoms with van der Waals surface area (Å²) in [6, 6.07) is 1.87. The number of aliphatic hydroxyl groups excluding tert-OH is 1. The van der Waals surface area contributed by atoms with Crippen molar-refractivity contribution in [2.45, 2.75) is 32.3 Å². The number of nitrogens with zero attached hydrogens (tertiary/aromatic N) is 1. The van der Waals surface area contributed by atoms with Crippen LogP contribution in [0, 0.1) is 44.1 Å². The minimum atomic E-state index is -0.780. The van der Waals surface area contributed by atoms with Gasteiger partial charge in [-0.2, -0.15) is 0 Å². The quantitative estimate of drug-likeness (QED) is 0.672. The Kier molecular flexibility index (Phi) is 4.93. The van der Waals surface area contributed by atoms with Gasteiger partial charge in [-0.1, -0.05) is 12.2 Å². The second-order valence-corrected chi connectivity index (χ2v) is 5.02. The minimum absolute atomic E-state index is 0. The Bertz CT molecular complexity index is 602. The molecule has 3 heterocycles. The molecule has 0 amide bonds. The van der Waals surface area contributed by atoms with Gasteiger partial charge < -0.3 is 19.1 Å². The van der Waals surface area contributed by atoms with Crippen LogP contribution in [0.2, 0.25) is 0 Å². The summed E-state index contributed by atoms with van der Waals surface area (Å²) in [6.07, 6.45) is 0.632. The van der Waals surface area contributed by atoms with Gasteiger partial charge in [0, 0.05) is 57.0 Å². The molecule has 20 heavy (non-hydrogen) atoms. The molecule has 0 saturated carbocycles. The molecule has 1 saturated heterocycles. The summed E-state index contributed by atoms with van der Waals surface area (Å²) in [5, 5.41) is 9.42. The van der Waals surface area contributed by atoms with Gasteiger partial charge in [-0.15, -0.1) is 0 Å². The third-order valence-corrected chi connectivity index (χ3v) is 3.83. The van der Waals surface area contributed by atoms with Crippen LogP contribution in [-0.4, -0.2) is 22.9 Å². The van der Waals surface area contributed by atoms with E-state index in [9.17, 15) is 9.90 Å². The van der Waals surface area contributed by atoms with Gasteiger partial charge in [-0.05, 0) is 18.6 Å². The van der Waals surface area contributed by atoms with Crippen LogP contribution >= 0.6 is 0 Å². The van der Waals surface area contributed by atoms with Crippen LogP contribution in [0.3, 0.4) is 0 Å². The number of aromatic nitrogens is 1. The first-order valence-electron chi connectivity index (χ1n) is 6.41. The molecular formula is C14H17AcNO4. The molecule has 0 unspecified atom stereocenters. The molecule has 3 rings (SSSR count). The largest absolute Gasteiger partial charge is 0.391 e. The maximum absolute atomic E-state index is 12.4. The summed E-state index contributed by atoms with van der Waals surface area (Å²) in [5.74, 6) is -0.780. The summed E-state index contributed by atoms with van der Waals surface area (Å²) in [4.78, 5) is 12.4. The Morgan fingerprint density at radius 1 is 1.50 bits per heavy atom. The first-order chi connectivity index (χ1) is 9.09. The smallest absolute Gasteiger partial charge is 0.257 e. The van der Waals surface area contributed by atoms with E-state index < -0.39 is 5.79 Å². The number of aliphatic hydroxyl groups is 1. The molecule has 105 valence electrons. The molecule has 1 radical (unpaired) electrons. The maximum Gasteiger partial charge on any atom is 0.257 e. The number of ether oxygens (including phenoxy) is 2. The maximum atomic E-state index is 12.4. The van der Waals surface area contributed by atoms with E-state index >= 15 is 0 Å². The SMILES string of the molecule is C=C(C)c1cc2n(c(=O)c1CO)CCC21OCCO1.[Ac]. The summed E-state index contributed by atoms with van der Waals surface area (Å²) >= 11 is 0. The fraction of sp³-hybridized carbons (Fsp3) is 0.500. The predicted molar refractivity (Wildman–Crippen MR) is 69.5 cm³/mol. The summed E-state index contributed by atoms with van der Waals surface area (Å²) in [6.45, 7) is 7.05. The van der Waals surface area contributed by atoms with E-state index in [4.69, 9.17) is 9.47 Å². The Morgan fingerprint density at radius 2 is 2.15 bits per heavy atom. The zero-order valence-electron chi connectivity index (χ0n) is 11.5. The molecule has 1 spiro atoms. The molecule has 0 aromatic carbocycles. The Balaban J connectivity index is 0.00000147. The van der Waals surface area contributed by atoms with E-state index in [1.165, 1.54) is 0 Å². The van der Waals surface area contributed by atoms with Crippen LogP contribution in [-0.2, 0) is 28.4 Å². The molecule has 2 aliphatic heterocycles. The van der Waals surface area contributed by atoms with Crippen molar-refractivity contribution >= 4 is 5.57 Å². The first kappa shape index (κ1) is 16.4. The Morgan fingerprint density at radius 3 is 2.70 bits per heavy atom. The number of hydrogen-bond acceptors (Lipinski definition) is 4. The molecular weight excluding hydrogens is 473 g/mol. The van der Waals surface area contributed by atoms with Gasteiger partial charge in [0.15, 0.2) is 0 Å². The van der Waals surface area contributed by atoms with Gasteiger partial charge in [0.05, 0.1) is 31.1 Å². The van der Waals surface area contributed by atoms with Crippen LogP contribution in [0.1, 0.15) is 30.2 Å². The molecule has 6 heteroatoms. The second kappa shape index (κ2) is 6.02. The normalized spacial score (nSPS) is 18.9. The summed E-state index contributed by atoms with van der Waals surface area (Å²) in [5.41, 5.74) is 2.41. The van der Waals surface area contributed by atoms with Gasteiger partial charge in [0.25, 0.3) is 5.56 Å². The van der Waals surface area contributed by atoms with E-state index in [2.05, 4.69) is 6.58 Å². The van der Waals surface area contributed by atoms with Crippen molar-refractivity contribution in [3.63, 3.8) is 0 Å². The Labute approximate surface area is 153 Å². The monoisotopic (exact) mass is 490 g/mol. The first-order valence-corrected chi connectivity index (χ1v) is 6.41. The van der Waals surface area contributed by atoms with Gasteiger partial charge in [0.1, 0.15) is 0 Å². The van der Waals surface area contributed by atoms with E-state index in [1.807, 2.05) is 13.0 Å². The average Bonchev–Trinajstić information content (AvgIpc) is 2.99. The van der Waals surface area contributed by atoms with Crippen LogP contribution in [0.5, 0.6) is 0 Å². The van der Waals surface area contributed by atoms with Crippen LogP contribution in [0.4, 0.5) is 0 Å². The van der Waals surface area contributed by atoms with E-state index in [0.29, 0.717) is 37.3 Å². The van der Waals surface area contributed by atoms with Crippen molar-refractivity contribution in [3.05, 3.63) is 39.8 Å². The number of rotatable bonds is 2. The molecule has 1 fully saturated rings. The van der Waals surface area contributed by atoms with E-state index in [1.54, 1.807) is 4.57 Å².